The number of hydrogen-bond acceptors (Lipinski definition) is 6. The molecule has 0 fully saturated rings. The number of ether oxygens (including phenoxy) is 1. The highest BCUT2D eigenvalue weighted by Crippen LogP contribution is 2.18. The Morgan fingerprint density at radius 2 is 2.21 bits per heavy atom. The van der Waals surface area contributed by atoms with Crippen LogP contribution >= 0.6 is 11.6 Å². The summed E-state index contributed by atoms with van der Waals surface area (Å²) in [6, 6.07) is 4.06. The molecule has 0 aliphatic heterocycles. The lowest BCUT2D eigenvalue weighted by atomic mass is 10.1. The molecule has 2 aromatic heterocycles. The quantitative estimate of drug-likeness (QED) is 0.906. The van der Waals surface area contributed by atoms with Gasteiger partial charge in [-0.3, -0.25) is 4.98 Å². The van der Waals surface area contributed by atoms with Crippen LogP contribution in [0.2, 0.25) is 5.28 Å². The van der Waals surface area contributed by atoms with E-state index >= 15 is 0 Å². The van der Waals surface area contributed by atoms with Gasteiger partial charge in [-0.2, -0.15) is 15.0 Å². The summed E-state index contributed by atoms with van der Waals surface area (Å²) in [6.07, 6.45) is 3.51. The van der Waals surface area contributed by atoms with Crippen molar-refractivity contribution in [3.8, 4) is 6.01 Å². The zero-order valence-corrected chi connectivity index (χ0v) is 11.4. The van der Waals surface area contributed by atoms with Gasteiger partial charge >= 0.3 is 6.01 Å². The van der Waals surface area contributed by atoms with Crippen LogP contribution in [0.1, 0.15) is 25.5 Å². The lowest BCUT2D eigenvalue weighted by Gasteiger charge is -2.14. The Bertz CT molecular complexity index is 537. The molecule has 7 heteroatoms. The lowest BCUT2D eigenvalue weighted by molar-refractivity contribution is 0.312. The van der Waals surface area contributed by atoms with E-state index in [9.17, 15) is 0 Å². The SMILES string of the molecule is CCOc1nc(Cl)nc(NC(C)c2cccnc2)n1. The molecule has 0 bridgehead atoms. The van der Waals surface area contributed by atoms with Crippen LogP contribution in [0, 0.1) is 0 Å². The zero-order chi connectivity index (χ0) is 13.7. The molecule has 0 aromatic carbocycles. The standard InChI is InChI=1S/C12H14ClN5O/c1-3-19-12-17-10(13)16-11(18-12)15-8(2)9-5-4-6-14-7-9/h4-8H,3H2,1-2H3,(H,15,16,17,18). The summed E-state index contributed by atoms with van der Waals surface area (Å²) in [7, 11) is 0. The largest absolute Gasteiger partial charge is 0.464 e. The van der Waals surface area contributed by atoms with Crippen molar-refractivity contribution in [1.29, 1.82) is 0 Å². The number of aromatic nitrogens is 4. The summed E-state index contributed by atoms with van der Waals surface area (Å²) >= 11 is 5.82. The van der Waals surface area contributed by atoms with E-state index < -0.39 is 0 Å². The van der Waals surface area contributed by atoms with Crippen molar-refractivity contribution in [2.24, 2.45) is 0 Å². The second kappa shape index (κ2) is 6.29. The Balaban J connectivity index is 2.14. The highest BCUT2D eigenvalue weighted by Gasteiger charge is 2.10. The van der Waals surface area contributed by atoms with E-state index in [1.807, 2.05) is 26.0 Å². The third-order valence-electron chi connectivity index (χ3n) is 2.39. The maximum absolute atomic E-state index is 5.82. The molecule has 1 N–H and O–H groups in total. The van der Waals surface area contributed by atoms with Crippen LogP contribution in [-0.4, -0.2) is 26.5 Å². The summed E-state index contributed by atoms with van der Waals surface area (Å²) in [5, 5.41) is 3.23. The molecule has 0 amide bonds. The van der Waals surface area contributed by atoms with Crippen molar-refractivity contribution in [2.75, 3.05) is 11.9 Å². The Morgan fingerprint density at radius 1 is 1.37 bits per heavy atom. The molecule has 19 heavy (non-hydrogen) atoms. The summed E-state index contributed by atoms with van der Waals surface area (Å²) in [5.41, 5.74) is 1.02. The van der Waals surface area contributed by atoms with Crippen LogP contribution in [0.15, 0.2) is 24.5 Å². The van der Waals surface area contributed by atoms with E-state index in [2.05, 4.69) is 25.3 Å². The van der Waals surface area contributed by atoms with E-state index in [-0.39, 0.29) is 17.3 Å². The highest BCUT2D eigenvalue weighted by molar-refractivity contribution is 6.28. The summed E-state index contributed by atoms with van der Waals surface area (Å²) in [4.78, 5) is 16.1. The molecule has 1 atom stereocenters. The first-order valence-electron chi connectivity index (χ1n) is 5.90. The fourth-order valence-corrected chi connectivity index (χ4v) is 1.65. The van der Waals surface area contributed by atoms with Crippen LogP contribution in [0.4, 0.5) is 5.95 Å². The van der Waals surface area contributed by atoms with Crippen LogP contribution in [0.3, 0.4) is 0 Å². The summed E-state index contributed by atoms with van der Waals surface area (Å²) in [5.74, 6) is 0.375. The van der Waals surface area contributed by atoms with Gasteiger partial charge in [0.25, 0.3) is 0 Å². The highest BCUT2D eigenvalue weighted by atomic mass is 35.5. The molecule has 0 aliphatic carbocycles. The average molecular weight is 280 g/mol. The fourth-order valence-electron chi connectivity index (χ4n) is 1.50. The molecule has 2 aromatic rings. The predicted molar refractivity (Wildman–Crippen MR) is 72.3 cm³/mol. The first-order valence-corrected chi connectivity index (χ1v) is 6.27. The molecule has 0 aliphatic rings. The number of anilines is 1. The minimum atomic E-state index is 0.00152. The number of nitrogens with one attached hydrogen (secondary N) is 1. The van der Waals surface area contributed by atoms with Gasteiger partial charge in [-0.05, 0) is 37.1 Å². The minimum absolute atomic E-state index is 0.00152. The van der Waals surface area contributed by atoms with E-state index in [0.717, 1.165) is 5.56 Å². The molecule has 2 rings (SSSR count). The number of pyridine rings is 1. The monoisotopic (exact) mass is 279 g/mol. The van der Waals surface area contributed by atoms with E-state index in [1.54, 1.807) is 12.4 Å². The van der Waals surface area contributed by atoms with Crippen molar-refractivity contribution in [2.45, 2.75) is 19.9 Å². The fraction of sp³-hybridized carbons (Fsp3) is 0.333. The van der Waals surface area contributed by atoms with Crippen molar-refractivity contribution >= 4 is 17.5 Å². The number of nitrogens with zero attached hydrogens (tertiary/aromatic N) is 4. The van der Waals surface area contributed by atoms with Crippen molar-refractivity contribution < 1.29 is 4.74 Å². The second-order valence-corrected chi connectivity index (χ2v) is 4.13. The zero-order valence-electron chi connectivity index (χ0n) is 10.7. The maximum Gasteiger partial charge on any atom is 0.322 e. The average Bonchev–Trinajstić information content (AvgIpc) is 2.39. The smallest absolute Gasteiger partial charge is 0.322 e. The van der Waals surface area contributed by atoms with Crippen LogP contribution in [-0.2, 0) is 0 Å². The Labute approximate surface area is 116 Å². The van der Waals surface area contributed by atoms with E-state index in [4.69, 9.17) is 16.3 Å². The van der Waals surface area contributed by atoms with Gasteiger partial charge in [0.2, 0.25) is 11.2 Å². The number of halogens is 1. The van der Waals surface area contributed by atoms with Gasteiger partial charge in [-0.25, -0.2) is 0 Å². The maximum atomic E-state index is 5.82. The van der Waals surface area contributed by atoms with E-state index in [1.165, 1.54) is 0 Å². The Morgan fingerprint density at radius 3 is 2.89 bits per heavy atom. The first kappa shape index (κ1) is 13.5. The van der Waals surface area contributed by atoms with Gasteiger partial charge in [0.15, 0.2) is 0 Å². The van der Waals surface area contributed by atoms with Crippen LogP contribution in [0.5, 0.6) is 6.01 Å². The molecular formula is C12H14ClN5O. The molecule has 0 spiro atoms. The Hall–Kier alpha value is -1.95. The van der Waals surface area contributed by atoms with Crippen molar-refractivity contribution in [1.82, 2.24) is 19.9 Å². The van der Waals surface area contributed by atoms with Gasteiger partial charge in [0.05, 0.1) is 12.6 Å². The molecule has 0 saturated heterocycles. The van der Waals surface area contributed by atoms with Crippen LogP contribution < -0.4 is 10.1 Å². The second-order valence-electron chi connectivity index (χ2n) is 3.80. The molecule has 2 heterocycles. The minimum Gasteiger partial charge on any atom is -0.464 e. The van der Waals surface area contributed by atoms with Gasteiger partial charge < -0.3 is 10.1 Å². The van der Waals surface area contributed by atoms with Gasteiger partial charge in [0, 0.05) is 12.4 Å². The molecule has 1 unspecified atom stereocenters. The lowest BCUT2D eigenvalue weighted by Crippen LogP contribution is -2.11. The number of rotatable bonds is 5. The summed E-state index contributed by atoms with van der Waals surface area (Å²) < 4.78 is 5.22. The first-order chi connectivity index (χ1) is 9.19. The topological polar surface area (TPSA) is 72.8 Å². The van der Waals surface area contributed by atoms with Gasteiger partial charge in [-0.15, -0.1) is 0 Å². The molecular weight excluding hydrogens is 266 g/mol. The van der Waals surface area contributed by atoms with Crippen molar-refractivity contribution in [3.63, 3.8) is 0 Å². The normalized spacial score (nSPS) is 11.9. The molecule has 0 saturated carbocycles. The third kappa shape index (κ3) is 3.75. The molecule has 100 valence electrons. The number of hydrogen-bond donors (Lipinski definition) is 1. The van der Waals surface area contributed by atoms with Gasteiger partial charge in [-0.1, -0.05) is 6.07 Å². The van der Waals surface area contributed by atoms with Gasteiger partial charge in [0.1, 0.15) is 0 Å². The molecule has 6 nitrogen and oxygen atoms in total. The van der Waals surface area contributed by atoms with E-state index in [0.29, 0.717) is 12.6 Å². The van der Waals surface area contributed by atoms with Crippen molar-refractivity contribution in [3.05, 3.63) is 35.4 Å². The summed E-state index contributed by atoms with van der Waals surface area (Å²) in [6.45, 7) is 4.30. The third-order valence-corrected chi connectivity index (χ3v) is 2.56. The Kier molecular flexibility index (Phi) is 4.46. The predicted octanol–water partition coefficient (Wildman–Crippen LogP) is 2.49. The molecule has 0 radical (unpaired) electrons. The van der Waals surface area contributed by atoms with Crippen LogP contribution in [0.25, 0.3) is 0 Å².